The highest BCUT2D eigenvalue weighted by Crippen LogP contribution is 2.39. The van der Waals surface area contributed by atoms with E-state index in [-0.39, 0.29) is 23.1 Å². The van der Waals surface area contributed by atoms with Gasteiger partial charge in [0.2, 0.25) is 17.9 Å². The summed E-state index contributed by atoms with van der Waals surface area (Å²) in [5.41, 5.74) is 4.90. The van der Waals surface area contributed by atoms with Gasteiger partial charge in [-0.2, -0.15) is 18.2 Å². The van der Waals surface area contributed by atoms with E-state index in [2.05, 4.69) is 25.9 Å². The average molecular weight is 629 g/mol. The fourth-order valence-electron chi connectivity index (χ4n) is 3.45. The molecule has 0 aliphatic heterocycles. The second kappa shape index (κ2) is 12.1. The number of amides is 1. The Bertz CT molecular complexity index is 1380. The minimum atomic E-state index is -4.99. The standard InChI is InChI=1S/C26H25BrF4N4O5/c1-25(2,3)40-24(38)35(11-10-21(36)37)16-7-4-14(5-8-16)19-13-20(34-23(32)33-19)39-22(26(29,30)31)17-9-6-15(27)12-18(17)28/h4-9,12-13,22H,10-11H2,1-3H3,(H,36,37)(H2,32,33,34)/t22-/m0/s1. The number of halogens is 5. The molecule has 1 aromatic heterocycles. The number of hydrogen-bond acceptors (Lipinski definition) is 7. The van der Waals surface area contributed by atoms with E-state index in [1.165, 1.54) is 30.3 Å². The number of carbonyl (C=O) groups excluding carboxylic acids is 1. The van der Waals surface area contributed by atoms with Gasteiger partial charge < -0.3 is 20.3 Å². The van der Waals surface area contributed by atoms with E-state index in [1.54, 1.807) is 20.8 Å². The maximum Gasteiger partial charge on any atom is 0.429 e. The number of alkyl halides is 3. The molecule has 3 N–H and O–H groups in total. The normalized spacial score (nSPS) is 12.5. The molecule has 9 nitrogen and oxygen atoms in total. The number of aliphatic carboxylic acids is 1. The molecule has 3 aromatic rings. The topological polar surface area (TPSA) is 128 Å². The van der Waals surface area contributed by atoms with Gasteiger partial charge in [-0.1, -0.05) is 34.1 Å². The van der Waals surface area contributed by atoms with Crippen LogP contribution >= 0.6 is 15.9 Å². The van der Waals surface area contributed by atoms with Crippen LogP contribution in [0.4, 0.5) is 34.0 Å². The Balaban J connectivity index is 1.92. The van der Waals surface area contributed by atoms with Gasteiger partial charge in [0.15, 0.2) is 0 Å². The highest BCUT2D eigenvalue weighted by molar-refractivity contribution is 9.10. The first-order valence-corrected chi connectivity index (χ1v) is 12.5. The van der Waals surface area contributed by atoms with Crippen molar-refractivity contribution in [2.24, 2.45) is 0 Å². The number of aromatic nitrogens is 2. The van der Waals surface area contributed by atoms with Gasteiger partial charge >= 0.3 is 18.2 Å². The Morgan fingerprint density at radius 3 is 2.27 bits per heavy atom. The van der Waals surface area contributed by atoms with Crippen LogP contribution in [-0.4, -0.2) is 45.5 Å². The maximum atomic E-state index is 14.4. The minimum Gasteiger partial charge on any atom is -0.481 e. The number of benzene rings is 2. The molecule has 14 heteroatoms. The molecule has 0 saturated heterocycles. The van der Waals surface area contributed by atoms with Crippen LogP contribution in [0.3, 0.4) is 0 Å². The Morgan fingerprint density at radius 1 is 1.07 bits per heavy atom. The summed E-state index contributed by atoms with van der Waals surface area (Å²) in [5.74, 6) is -3.19. The van der Waals surface area contributed by atoms with Crippen LogP contribution < -0.4 is 15.4 Å². The fourth-order valence-corrected chi connectivity index (χ4v) is 3.79. The van der Waals surface area contributed by atoms with E-state index in [1.807, 2.05) is 0 Å². The van der Waals surface area contributed by atoms with Gasteiger partial charge in [-0.25, -0.2) is 14.2 Å². The Labute approximate surface area is 235 Å². The van der Waals surface area contributed by atoms with Gasteiger partial charge in [-0.3, -0.25) is 9.69 Å². The summed E-state index contributed by atoms with van der Waals surface area (Å²) in [7, 11) is 0. The fraction of sp³-hybridized carbons (Fsp3) is 0.308. The first kappa shape index (κ1) is 30.6. The van der Waals surface area contributed by atoms with E-state index in [9.17, 15) is 27.2 Å². The molecule has 214 valence electrons. The lowest BCUT2D eigenvalue weighted by molar-refractivity contribution is -0.199. The third-order valence-electron chi connectivity index (χ3n) is 5.14. The van der Waals surface area contributed by atoms with Gasteiger partial charge in [0.05, 0.1) is 12.1 Å². The van der Waals surface area contributed by atoms with Crippen LogP contribution in [0, 0.1) is 5.82 Å². The van der Waals surface area contributed by atoms with E-state index >= 15 is 0 Å². The summed E-state index contributed by atoms with van der Waals surface area (Å²) in [6.07, 6.45) is -8.77. The van der Waals surface area contributed by atoms with Crippen molar-refractivity contribution >= 4 is 39.6 Å². The number of ether oxygens (including phenoxy) is 2. The summed E-state index contributed by atoms with van der Waals surface area (Å²) in [5, 5.41) is 9.07. The van der Waals surface area contributed by atoms with Crippen molar-refractivity contribution < 1.29 is 41.7 Å². The lowest BCUT2D eigenvalue weighted by Crippen LogP contribution is -2.38. The van der Waals surface area contributed by atoms with Crippen LogP contribution in [0.5, 0.6) is 5.88 Å². The summed E-state index contributed by atoms with van der Waals surface area (Å²) < 4.78 is 66.6. The number of carbonyl (C=O) groups is 2. The zero-order valence-electron chi connectivity index (χ0n) is 21.5. The van der Waals surface area contributed by atoms with Gasteiger partial charge in [0, 0.05) is 33.9 Å². The minimum absolute atomic E-state index is 0.0839. The predicted molar refractivity (Wildman–Crippen MR) is 141 cm³/mol. The Morgan fingerprint density at radius 2 is 1.73 bits per heavy atom. The van der Waals surface area contributed by atoms with Gasteiger partial charge in [0.1, 0.15) is 11.4 Å². The quantitative estimate of drug-likeness (QED) is 0.270. The van der Waals surface area contributed by atoms with Crippen LogP contribution in [0.1, 0.15) is 38.9 Å². The molecule has 0 spiro atoms. The van der Waals surface area contributed by atoms with Gasteiger partial charge in [-0.05, 0) is 45.0 Å². The summed E-state index contributed by atoms with van der Waals surface area (Å²) in [6, 6.07) is 10.1. The third kappa shape index (κ3) is 8.28. The second-order valence-corrected chi connectivity index (χ2v) is 10.4. The molecule has 40 heavy (non-hydrogen) atoms. The number of anilines is 2. The summed E-state index contributed by atoms with van der Waals surface area (Å²) in [6.45, 7) is 4.82. The Hall–Kier alpha value is -3.94. The zero-order chi connectivity index (χ0) is 29.8. The molecule has 1 heterocycles. The first-order valence-electron chi connectivity index (χ1n) is 11.7. The summed E-state index contributed by atoms with van der Waals surface area (Å²) >= 11 is 3.00. The van der Waals surface area contributed by atoms with E-state index in [0.29, 0.717) is 11.3 Å². The molecule has 0 radical (unpaired) electrons. The second-order valence-electron chi connectivity index (χ2n) is 9.48. The highest BCUT2D eigenvalue weighted by atomic mass is 79.9. The molecule has 1 atom stereocenters. The summed E-state index contributed by atoms with van der Waals surface area (Å²) in [4.78, 5) is 32.7. The number of nitrogens with two attached hydrogens (primary N) is 1. The number of hydrogen-bond donors (Lipinski definition) is 2. The molecule has 0 aliphatic rings. The molecular weight excluding hydrogens is 604 g/mol. The predicted octanol–water partition coefficient (Wildman–Crippen LogP) is 6.53. The number of carboxylic acids is 1. The van der Waals surface area contributed by atoms with Crippen LogP contribution in [-0.2, 0) is 9.53 Å². The van der Waals surface area contributed by atoms with E-state index in [4.69, 9.17) is 20.3 Å². The lowest BCUT2D eigenvalue weighted by Gasteiger charge is -2.27. The van der Waals surface area contributed by atoms with E-state index in [0.717, 1.165) is 23.1 Å². The molecular formula is C26H25BrF4N4O5. The monoisotopic (exact) mass is 628 g/mol. The molecule has 0 unspecified atom stereocenters. The molecule has 0 saturated carbocycles. The molecule has 1 amide bonds. The van der Waals surface area contributed by atoms with Gasteiger partial charge in [0.25, 0.3) is 0 Å². The molecule has 3 rings (SSSR count). The zero-order valence-corrected chi connectivity index (χ0v) is 23.1. The van der Waals surface area contributed by atoms with Crippen molar-refractivity contribution in [2.75, 3.05) is 17.2 Å². The highest BCUT2D eigenvalue weighted by Gasteiger charge is 2.45. The molecule has 2 aromatic carbocycles. The smallest absolute Gasteiger partial charge is 0.429 e. The maximum absolute atomic E-state index is 14.4. The van der Waals surface area contributed by atoms with Gasteiger partial charge in [-0.15, -0.1) is 0 Å². The van der Waals surface area contributed by atoms with Crippen molar-refractivity contribution in [3.8, 4) is 17.1 Å². The van der Waals surface area contributed by atoms with Crippen LogP contribution in [0.15, 0.2) is 53.0 Å². The number of carboxylic acid groups (broad SMARTS) is 1. The van der Waals surface area contributed by atoms with E-state index < -0.39 is 53.2 Å². The SMILES string of the molecule is CC(C)(C)OC(=O)N(CCC(=O)O)c1ccc(-c2cc(O[C@@H](c3ccc(Br)cc3F)C(F)(F)F)nc(N)n2)cc1. The van der Waals surface area contributed by atoms with Crippen molar-refractivity contribution in [1.82, 2.24) is 9.97 Å². The van der Waals surface area contributed by atoms with Crippen molar-refractivity contribution in [1.29, 1.82) is 0 Å². The molecule has 0 fully saturated rings. The largest absolute Gasteiger partial charge is 0.481 e. The van der Waals surface area contributed by atoms with Crippen molar-refractivity contribution in [2.45, 2.75) is 45.1 Å². The van der Waals surface area contributed by atoms with Crippen LogP contribution in [0.2, 0.25) is 0 Å². The number of nitrogen functional groups attached to an aromatic ring is 1. The molecule has 0 aliphatic carbocycles. The third-order valence-corrected chi connectivity index (χ3v) is 5.63. The number of nitrogens with zero attached hydrogens (tertiary/aromatic N) is 3. The number of rotatable bonds is 8. The lowest BCUT2D eigenvalue weighted by atomic mass is 10.1. The Kier molecular flexibility index (Phi) is 9.23. The molecule has 0 bridgehead atoms. The van der Waals surface area contributed by atoms with Crippen molar-refractivity contribution in [3.63, 3.8) is 0 Å². The van der Waals surface area contributed by atoms with Crippen LogP contribution in [0.25, 0.3) is 11.3 Å². The average Bonchev–Trinajstić information content (AvgIpc) is 2.81. The van der Waals surface area contributed by atoms with Crippen molar-refractivity contribution in [3.05, 3.63) is 64.4 Å². The first-order chi connectivity index (χ1) is 18.5.